The Bertz CT molecular complexity index is 626. The Morgan fingerprint density at radius 3 is 2.53 bits per heavy atom. The van der Waals surface area contributed by atoms with Crippen LogP contribution < -0.4 is 0 Å². The molecule has 0 bridgehead atoms. The van der Waals surface area contributed by atoms with E-state index in [4.69, 9.17) is 5.26 Å². The SMILES string of the molecule is N#Cc1ccc(S(=O)(=O)C2CC2)cc1[N+](=O)[O-]. The molecule has 0 heterocycles. The fraction of sp³-hybridized carbons (Fsp3) is 0.300. The quantitative estimate of drug-likeness (QED) is 0.597. The summed E-state index contributed by atoms with van der Waals surface area (Å²) in [6.07, 6.45) is 1.19. The van der Waals surface area contributed by atoms with Crippen molar-refractivity contribution in [3.63, 3.8) is 0 Å². The zero-order valence-electron chi connectivity index (χ0n) is 8.66. The number of nitro benzene ring substituents is 1. The molecule has 0 unspecified atom stereocenters. The molecule has 0 N–H and O–H groups in total. The molecular formula is C10H8N2O4S. The number of hydrogen-bond acceptors (Lipinski definition) is 5. The Hall–Kier alpha value is -1.94. The Morgan fingerprint density at radius 1 is 1.41 bits per heavy atom. The molecule has 1 aliphatic rings. The predicted molar refractivity (Wildman–Crippen MR) is 58.0 cm³/mol. The van der Waals surface area contributed by atoms with Gasteiger partial charge in [-0.15, -0.1) is 0 Å². The molecule has 0 spiro atoms. The van der Waals surface area contributed by atoms with E-state index < -0.39 is 25.7 Å². The van der Waals surface area contributed by atoms with Crippen LogP contribution in [0.4, 0.5) is 5.69 Å². The molecule has 0 radical (unpaired) electrons. The highest BCUT2D eigenvalue weighted by Gasteiger charge is 2.37. The minimum Gasteiger partial charge on any atom is -0.258 e. The highest BCUT2D eigenvalue weighted by molar-refractivity contribution is 7.92. The lowest BCUT2D eigenvalue weighted by Gasteiger charge is -2.02. The normalized spacial score (nSPS) is 15.2. The number of benzene rings is 1. The second-order valence-electron chi connectivity index (χ2n) is 3.79. The molecule has 6 nitrogen and oxygen atoms in total. The number of nitrogens with zero attached hydrogens (tertiary/aromatic N) is 2. The first-order valence-electron chi connectivity index (χ1n) is 4.89. The van der Waals surface area contributed by atoms with Crippen LogP contribution in [-0.4, -0.2) is 18.6 Å². The fourth-order valence-corrected chi connectivity index (χ4v) is 3.18. The van der Waals surface area contributed by atoms with E-state index in [1.165, 1.54) is 12.1 Å². The van der Waals surface area contributed by atoms with E-state index in [-0.39, 0.29) is 10.5 Å². The zero-order valence-corrected chi connectivity index (χ0v) is 9.48. The summed E-state index contributed by atoms with van der Waals surface area (Å²) in [6.45, 7) is 0. The van der Waals surface area contributed by atoms with Crippen LogP contribution in [0.1, 0.15) is 18.4 Å². The number of sulfone groups is 1. The molecule has 0 saturated heterocycles. The molecule has 1 aliphatic carbocycles. The maximum atomic E-state index is 11.9. The van der Waals surface area contributed by atoms with E-state index in [1.807, 2.05) is 0 Å². The molecular weight excluding hydrogens is 244 g/mol. The van der Waals surface area contributed by atoms with E-state index in [9.17, 15) is 18.5 Å². The van der Waals surface area contributed by atoms with E-state index >= 15 is 0 Å². The second-order valence-corrected chi connectivity index (χ2v) is 6.02. The van der Waals surface area contributed by atoms with Gasteiger partial charge in [0.15, 0.2) is 9.84 Å². The van der Waals surface area contributed by atoms with Gasteiger partial charge in [0.25, 0.3) is 5.69 Å². The molecule has 1 aromatic rings. The van der Waals surface area contributed by atoms with Gasteiger partial charge in [0, 0.05) is 6.07 Å². The van der Waals surface area contributed by atoms with Crippen LogP contribution in [0.3, 0.4) is 0 Å². The summed E-state index contributed by atoms with van der Waals surface area (Å²) in [5, 5.41) is 19.0. The van der Waals surface area contributed by atoms with Gasteiger partial charge in [-0.25, -0.2) is 8.42 Å². The van der Waals surface area contributed by atoms with Gasteiger partial charge < -0.3 is 0 Å². The number of hydrogen-bond donors (Lipinski definition) is 0. The molecule has 88 valence electrons. The van der Waals surface area contributed by atoms with Gasteiger partial charge in [-0.05, 0) is 25.0 Å². The first kappa shape index (κ1) is 11.5. The van der Waals surface area contributed by atoms with E-state index in [0.29, 0.717) is 12.8 Å². The summed E-state index contributed by atoms with van der Waals surface area (Å²) in [5.41, 5.74) is -0.598. The van der Waals surface area contributed by atoms with E-state index in [1.54, 1.807) is 6.07 Å². The van der Waals surface area contributed by atoms with Crippen molar-refractivity contribution in [1.29, 1.82) is 5.26 Å². The smallest absolute Gasteiger partial charge is 0.258 e. The average molecular weight is 252 g/mol. The zero-order chi connectivity index (χ0) is 12.6. The molecule has 1 aromatic carbocycles. The Kier molecular flexibility index (Phi) is 2.59. The first-order chi connectivity index (χ1) is 7.96. The summed E-state index contributed by atoms with van der Waals surface area (Å²) in [5.74, 6) is 0. The van der Waals surface area contributed by atoms with Crippen molar-refractivity contribution >= 4 is 15.5 Å². The van der Waals surface area contributed by atoms with Crippen LogP contribution in [0.15, 0.2) is 23.1 Å². The van der Waals surface area contributed by atoms with E-state index in [2.05, 4.69) is 0 Å². The maximum absolute atomic E-state index is 11.9. The monoisotopic (exact) mass is 252 g/mol. The number of nitro groups is 1. The molecule has 0 amide bonds. The van der Waals surface area contributed by atoms with Gasteiger partial charge in [0.05, 0.1) is 15.1 Å². The van der Waals surface area contributed by atoms with Crippen LogP contribution in [0.2, 0.25) is 0 Å². The molecule has 7 heteroatoms. The standard InChI is InChI=1S/C10H8N2O4S/c11-6-7-1-2-9(5-10(7)12(13)14)17(15,16)8-3-4-8/h1-2,5,8H,3-4H2. The fourth-order valence-electron chi connectivity index (χ4n) is 1.50. The predicted octanol–water partition coefficient (Wildman–Crippen LogP) is 1.40. The van der Waals surface area contributed by atoms with Gasteiger partial charge >= 0.3 is 0 Å². The molecule has 0 aliphatic heterocycles. The lowest BCUT2D eigenvalue weighted by atomic mass is 10.2. The minimum atomic E-state index is -3.46. The number of rotatable bonds is 3. The van der Waals surface area contributed by atoms with Gasteiger partial charge in [0.2, 0.25) is 0 Å². The molecule has 2 rings (SSSR count). The summed E-state index contributed by atoms with van der Waals surface area (Å²) >= 11 is 0. The molecule has 0 aromatic heterocycles. The molecule has 17 heavy (non-hydrogen) atoms. The van der Waals surface area contributed by atoms with Crippen molar-refractivity contribution in [3.05, 3.63) is 33.9 Å². The van der Waals surface area contributed by atoms with Gasteiger partial charge in [-0.2, -0.15) is 5.26 Å². The van der Waals surface area contributed by atoms with Gasteiger partial charge in [-0.3, -0.25) is 10.1 Å². The van der Waals surface area contributed by atoms with Gasteiger partial charge in [-0.1, -0.05) is 0 Å². The highest BCUT2D eigenvalue weighted by Crippen LogP contribution is 2.35. The van der Waals surface area contributed by atoms with Crippen molar-refractivity contribution in [3.8, 4) is 6.07 Å². The van der Waals surface area contributed by atoms with Crippen molar-refractivity contribution in [2.75, 3.05) is 0 Å². The van der Waals surface area contributed by atoms with Crippen LogP contribution in [-0.2, 0) is 9.84 Å². The van der Waals surface area contributed by atoms with Crippen LogP contribution in [0, 0.1) is 21.4 Å². The molecule has 0 atom stereocenters. The Morgan fingerprint density at radius 2 is 2.06 bits per heavy atom. The third-order valence-electron chi connectivity index (χ3n) is 2.58. The maximum Gasteiger partial charge on any atom is 0.288 e. The van der Waals surface area contributed by atoms with Crippen LogP contribution in [0.25, 0.3) is 0 Å². The Balaban J connectivity index is 2.56. The van der Waals surface area contributed by atoms with Crippen molar-refractivity contribution < 1.29 is 13.3 Å². The lowest BCUT2D eigenvalue weighted by Crippen LogP contribution is -2.07. The Labute approximate surface area is 97.6 Å². The topological polar surface area (TPSA) is 101 Å². The number of nitriles is 1. The van der Waals surface area contributed by atoms with E-state index in [0.717, 1.165) is 6.07 Å². The average Bonchev–Trinajstić information content (AvgIpc) is 3.12. The van der Waals surface area contributed by atoms with Crippen molar-refractivity contribution in [2.45, 2.75) is 23.0 Å². The highest BCUT2D eigenvalue weighted by atomic mass is 32.2. The lowest BCUT2D eigenvalue weighted by molar-refractivity contribution is -0.385. The third-order valence-corrected chi connectivity index (χ3v) is 4.84. The summed E-state index contributed by atoms with van der Waals surface area (Å²) in [4.78, 5) is 9.88. The first-order valence-corrected chi connectivity index (χ1v) is 6.44. The molecule has 1 saturated carbocycles. The van der Waals surface area contributed by atoms with Crippen molar-refractivity contribution in [1.82, 2.24) is 0 Å². The van der Waals surface area contributed by atoms with Crippen LogP contribution in [0.5, 0.6) is 0 Å². The summed E-state index contributed by atoms with van der Waals surface area (Å²) in [6, 6.07) is 5.05. The van der Waals surface area contributed by atoms with Crippen LogP contribution >= 0.6 is 0 Å². The minimum absolute atomic E-state index is 0.0781. The third kappa shape index (κ3) is 1.99. The van der Waals surface area contributed by atoms with Crippen molar-refractivity contribution in [2.24, 2.45) is 0 Å². The summed E-state index contributed by atoms with van der Waals surface area (Å²) in [7, 11) is -3.46. The summed E-state index contributed by atoms with van der Waals surface area (Å²) < 4.78 is 23.7. The second kappa shape index (κ2) is 3.82. The van der Waals surface area contributed by atoms with Gasteiger partial charge in [0.1, 0.15) is 11.6 Å². The molecule has 1 fully saturated rings. The largest absolute Gasteiger partial charge is 0.288 e.